The number of aliphatic hydroxyl groups excluding tert-OH is 2. The van der Waals surface area contributed by atoms with Gasteiger partial charge >= 0.3 is 0 Å². The lowest BCUT2D eigenvalue weighted by Crippen LogP contribution is -2.36. The predicted octanol–water partition coefficient (Wildman–Crippen LogP) is 4.93. The molecule has 0 aromatic carbocycles. The maximum absolute atomic E-state index is 10.1. The number of hydrogen-bond acceptors (Lipinski definition) is 3. The van der Waals surface area contributed by atoms with Crippen LogP contribution in [-0.2, 0) is 0 Å². The first-order valence-corrected chi connectivity index (χ1v) is 11.7. The van der Waals surface area contributed by atoms with Crippen LogP contribution in [0.3, 0.4) is 0 Å². The Bertz CT molecular complexity index is 772. The highest BCUT2D eigenvalue weighted by atomic mass is 16.3. The van der Waals surface area contributed by atoms with E-state index >= 15 is 0 Å². The van der Waals surface area contributed by atoms with E-state index < -0.39 is 17.8 Å². The fourth-order valence-corrected chi connectivity index (χ4v) is 6.25. The molecule has 0 aliphatic heterocycles. The van der Waals surface area contributed by atoms with Gasteiger partial charge in [-0.3, -0.25) is 0 Å². The molecule has 0 spiro atoms. The van der Waals surface area contributed by atoms with Gasteiger partial charge in [-0.05, 0) is 86.7 Å². The van der Waals surface area contributed by atoms with Crippen molar-refractivity contribution in [2.75, 3.05) is 0 Å². The van der Waals surface area contributed by atoms with Gasteiger partial charge in [0.25, 0.3) is 0 Å². The first-order valence-electron chi connectivity index (χ1n) is 11.7. The van der Waals surface area contributed by atoms with Crippen LogP contribution in [0.2, 0.25) is 0 Å². The van der Waals surface area contributed by atoms with Crippen LogP contribution in [0.5, 0.6) is 0 Å². The van der Waals surface area contributed by atoms with Gasteiger partial charge in [-0.2, -0.15) is 0 Å². The standard InChI is InChI=1S/C27H40O3/c1-18(8-6-14-26(3,4)30)23-12-13-24-20(9-7-15-27(23,24)5)10-11-21-16-22(28)17-25(29)19(21)2/h10-11,18,22-25,28-30H,2,7-9,12-13,15-17H2,1,3-5H3/b20-10+,21-11-/t18?,22?,23?,24?,25-,27+/m0/s1. The van der Waals surface area contributed by atoms with Gasteiger partial charge in [0.1, 0.15) is 5.60 Å². The van der Waals surface area contributed by atoms with Crippen molar-refractivity contribution in [2.45, 2.75) is 96.9 Å². The second-order valence-corrected chi connectivity index (χ2v) is 10.7. The molecule has 3 aliphatic carbocycles. The first-order chi connectivity index (χ1) is 14.0. The van der Waals surface area contributed by atoms with Crippen LogP contribution in [0, 0.1) is 35.0 Å². The number of rotatable bonds is 3. The molecule has 0 saturated heterocycles. The van der Waals surface area contributed by atoms with E-state index in [9.17, 15) is 15.3 Å². The molecule has 0 radical (unpaired) electrons. The molecule has 3 saturated carbocycles. The van der Waals surface area contributed by atoms with Gasteiger partial charge in [0, 0.05) is 12.8 Å². The van der Waals surface area contributed by atoms with E-state index in [0.29, 0.717) is 36.0 Å². The zero-order valence-corrected chi connectivity index (χ0v) is 19.2. The summed E-state index contributed by atoms with van der Waals surface area (Å²) in [7, 11) is 0. The average molecular weight is 413 g/mol. The Morgan fingerprint density at radius 2 is 2.00 bits per heavy atom. The highest BCUT2D eigenvalue weighted by Crippen LogP contribution is 2.59. The molecule has 3 heteroatoms. The van der Waals surface area contributed by atoms with E-state index in [4.69, 9.17) is 0 Å². The Labute approximate surface area is 183 Å². The first kappa shape index (κ1) is 23.3. The third kappa shape index (κ3) is 5.10. The number of aliphatic hydroxyl groups is 3. The Kier molecular flexibility index (Phi) is 7.02. The summed E-state index contributed by atoms with van der Waals surface area (Å²) in [5.74, 6) is 7.98. The molecule has 3 rings (SSSR count). The van der Waals surface area contributed by atoms with Crippen LogP contribution in [0.15, 0.2) is 35.5 Å². The zero-order chi connectivity index (χ0) is 22.1. The van der Waals surface area contributed by atoms with Gasteiger partial charge < -0.3 is 15.3 Å². The summed E-state index contributed by atoms with van der Waals surface area (Å²) in [5.41, 5.74) is 2.67. The minimum absolute atomic E-state index is 0.307. The van der Waals surface area contributed by atoms with Crippen LogP contribution in [0.4, 0.5) is 0 Å². The summed E-state index contributed by atoms with van der Waals surface area (Å²) in [6.07, 6.45) is 11.2. The normalized spacial score (nSPS) is 38.3. The Balaban J connectivity index is 1.75. The Morgan fingerprint density at radius 3 is 2.70 bits per heavy atom. The van der Waals surface area contributed by atoms with E-state index in [1.165, 1.54) is 31.3 Å². The topological polar surface area (TPSA) is 60.7 Å². The summed E-state index contributed by atoms with van der Waals surface area (Å²) in [4.78, 5) is 0. The van der Waals surface area contributed by atoms with Crippen molar-refractivity contribution in [1.82, 2.24) is 0 Å². The van der Waals surface area contributed by atoms with Crippen molar-refractivity contribution in [3.05, 3.63) is 35.5 Å². The number of hydrogen-bond donors (Lipinski definition) is 3. The van der Waals surface area contributed by atoms with Crippen molar-refractivity contribution >= 4 is 0 Å². The van der Waals surface area contributed by atoms with Gasteiger partial charge in [0.15, 0.2) is 0 Å². The molecular formula is C27H40O3. The SMILES string of the molecule is C=C1/C(=C\C=C2/CCC[C@@]3(C)C2CCC3C(C)CC#CC(C)(C)O)CC(O)C[C@@H]1O. The fraction of sp³-hybridized carbons (Fsp3) is 0.704. The molecule has 6 atom stereocenters. The summed E-state index contributed by atoms with van der Waals surface area (Å²) in [6.45, 7) is 12.3. The van der Waals surface area contributed by atoms with Crippen molar-refractivity contribution in [3.63, 3.8) is 0 Å². The molecule has 30 heavy (non-hydrogen) atoms. The second-order valence-electron chi connectivity index (χ2n) is 10.7. The van der Waals surface area contributed by atoms with E-state index in [1.54, 1.807) is 13.8 Å². The van der Waals surface area contributed by atoms with E-state index in [2.05, 4.69) is 44.4 Å². The van der Waals surface area contributed by atoms with Gasteiger partial charge in [0.05, 0.1) is 12.2 Å². The summed E-state index contributed by atoms with van der Waals surface area (Å²) in [5, 5.41) is 30.0. The lowest BCUT2D eigenvalue weighted by atomic mass is 9.61. The van der Waals surface area contributed by atoms with Crippen molar-refractivity contribution < 1.29 is 15.3 Å². The highest BCUT2D eigenvalue weighted by Gasteiger charge is 2.50. The van der Waals surface area contributed by atoms with Crippen LogP contribution in [0.25, 0.3) is 0 Å². The van der Waals surface area contributed by atoms with E-state index in [0.717, 1.165) is 24.0 Å². The van der Waals surface area contributed by atoms with Gasteiger partial charge in [0.2, 0.25) is 0 Å². The Morgan fingerprint density at radius 1 is 1.27 bits per heavy atom. The molecule has 3 nitrogen and oxygen atoms in total. The zero-order valence-electron chi connectivity index (χ0n) is 19.2. The molecule has 0 aromatic heterocycles. The smallest absolute Gasteiger partial charge is 0.119 e. The number of allylic oxidation sites excluding steroid dienone is 3. The minimum Gasteiger partial charge on any atom is -0.393 e. The Hall–Kier alpha value is -1.34. The van der Waals surface area contributed by atoms with Crippen molar-refractivity contribution in [2.24, 2.45) is 23.2 Å². The molecule has 166 valence electrons. The maximum Gasteiger partial charge on any atom is 0.119 e. The average Bonchev–Trinajstić information content (AvgIpc) is 3.00. The van der Waals surface area contributed by atoms with Crippen molar-refractivity contribution in [1.29, 1.82) is 0 Å². The van der Waals surface area contributed by atoms with E-state index in [-0.39, 0.29) is 0 Å². The maximum atomic E-state index is 10.1. The highest BCUT2D eigenvalue weighted by molar-refractivity contribution is 5.38. The number of fused-ring (bicyclic) bond motifs is 1. The molecule has 3 fully saturated rings. The summed E-state index contributed by atoms with van der Waals surface area (Å²) >= 11 is 0. The molecular weight excluding hydrogens is 372 g/mol. The summed E-state index contributed by atoms with van der Waals surface area (Å²) < 4.78 is 0. The third-order valence-corrected chi connectivity index (χ3v) is 7.81. The summed E-state index contributed by atoms with van der Waals surface area (Å²) in [6, 6.07) is 0. The molecule has 0 amide bonds. The van der Waals surface area contributed by atoms with Gasteiger partial charge in [-0.25, -0.2) is 0 Å². The predicted molar refractivity (Wildman–Crippen MR) is 123 cm³/mol. The molecule has 0 bridgehead atoms. The second kappa shape index (κ2) is 9.03. The van der Waals surface area contributed by atoms with E-state index in [1.807, 2.05) is 0 Å². The lowest BCUT2D eigenvalue weighted by molar-refractivity contribution is 0.0861. The van der Waals surface area contributed by atoms with Gasteiger partial charge in [-0.15, -0.1) is 5.92 Å². The minimum atomic E-state index is -0.916. The van der Waals surface area contributed by atoms with Crippen LogP contribution in [-0.4, -0.2) is 33.1 Å². The van der Waals surface area contributed by atoms with Gasteiger partial charge in [-0.1, -0.05) is 44.1 Å². The largest absolute Gasteiger partial charge is 0.393 e. The molecule has 3 N–H and O–H groups in total. The fourth-order valence-electron chi connectivity index (χ4n) is 6.25. The molecule has 3 aliphatic rings. The van der Waals surface area contributed by atoms with Crippen LogP contribution < -0.4 is 0 Å². The van der Waals surface area contributed by atoms with Crippen LogP contribution in [0.1, 0.15) is 79.1 Å². The third-order valence-electron chi connectivity index (χ3n) is 7.81. The quantitative estimate of drug-likeness (QED) is 0.576. The van der Waals surface area contributed by atoms with Crippen molar-refractivity contribution in [3.8, 4) is 11.8 Å². The van der Waals surface area contributed by atoms with Crippen LogP contribution >= 0.6 is 0 Å². The molecule has 0 aromatic rings. The lowest BCUT2D eigenvalue weighted by Gasteiger charge is -2.44. The molecule has 4 unspecified atom stereocenters. The molecule has 0 heterocycles. The monoisotopic (exact) mass is 412 g/mol.